The van der Waals surface area contributed by atoms with E-state index in [0.717, 1.165) is 48.7 Å². The molecule has 7 nitrogen and oxygen atoms in total. The van der Waals surface area contributed by atoms with Gasteiger partial charge in [0, 0.05) is 53.0 Å². The average molecular weight is 608 g/mol. The van der Waals surface area contributed by atoms with E-state index in [9.17, 15) is 27.9 Å². The fourth-order valence-electron chi connectivity index (χ4n) is 5.09. The number of nitrogens with zero attached hydrogens (tertiary/aromatic N) is 2. The molecule has 208 valence electrons. The molecule has 2 N–H and O–H groups in total. The molecule has 0 bridgehead atoms. The Hall–Kier alpha value is -3.34. The molecule has 1 aliphatic heterocycles. The van der Waals surface area contributed by atoms with Crippen molar-refractivity contribution in [2.45, 2.75) is 51.6 Å². The number of carboxylic acids is 1. The minimum Gasteiger partial charge on any atom is -0.481 e. The maximum Gasteiger partial charge on any atom is 0.387 e. The number of carbonyl (C=O) groups excluding carboxylic acids is 1. The van der Waals surface area contributed by atoms with E-state index in [1.165, 1.54) is 12.1 Å². The lowest BCUT2D eigenvalue weighted by molar-refractivity contribution is -0.137. The number of carbonyl (C=O) groups is 2. The van der Waals surface area contributed by atoms with E-state index < -0.39 is 36.0 Å². The number of aliphatic carboxylic acids is 1. The highest BCUT2D eigenvalue weighted by Gasteiger charge is 2.26. The Morgan fingerprint density at radius 3 is 2.62 bits per heavy atom. The lowest BCUT2D eigenvalue weighted by Gasteiger charge is -2.30. The molecule has 3 aromatic rings. The van der Waals surface area contributed by atoms with E-state index in [-0.39, 0.29) is 24.9 Å². The third kappa shape index (κ3) is 6.81. The number of halogens is 4. The van der Waals surface area contributed by atoms with Crippen molar-refractivity contribution < 1.29 is 32.6 Å². The molecule has 2 heterocycles. The SMILES string of the molecule is Cc1c(N2CCCCC2)nc2ccc(Br)cc2c1C(=O)NC[C@H](CCC(=O)O)c1c(F)cccc1OC(F)F. The van der Waals surface area contributed by atoms with Gasteiger partial charge in [0.2, 0.25) is 0 Å². The van der Waals surface area contributed by atoms with Crippen LogP contribution in [0.1, 0.15) is 59.5 Å². The molecule has 1 atom stereocenters. The summed E-state index contributed by atoms with van der Waals surface area (Å²) in [4.78, 5) is 32.0. The number of hydrogen-bond donors (Lipinski definition) is 2. The maximum atomic E-state index is 14.9. The first-order valence-corrected chi connectivity index (χ1v) is 13.5. The smallest absolute Gasteiger partial charge is 0.387 e. The predicted molar refractivity (Wildman–Crippen MR) is 145 cm³/mol. The van der Waals surface area contributed by atoms with E-state index in [1.54, 1.807) is 6.07 Å². The summed E-state index contributed by atoms with van der Waals surface area (Å²) in [6, 6.07) is 8.99. The molecule has 1 aromatic heterocycles. The summed E-state index contributed by atoms with van der Waals surface area (Å²) in [7, 11) is 0. The highest BCUT2D eigenvalue weighted by atomic mass is 79.9. The number of carboxylic acid groups (broad SMARTS) is 1. The van der Waals surface area contributed by atoms with E-state index in [0.29, 0.717) is 22.0 Å². The second kappa shape index (κ2) is 12.7. The predicted octanol–water partition coefficient (Wildman–Crippen LogP) is 6.41. The zero-order chi connectivity index (χ0) is 28.1. The minimum absolute atomic E-state index is 0.100. The van der Waals surface area contributed by atoms with Crippen LogP contribution < -0.4 is 15.0 Å². The van der Waals surface area contributed by atoms with Gasteiger partial charge in [-0.1, -0.05) is 22.0 Å². The number of aromatic nitrogens is 1. The van der Waals surface area contributed by atoms with Gasteiger partial charge >= 0.3 is 12.6 Å². The molecule has 4 rings (SSSR count). The first-order valence-electron chi connectivity index (χ1n) is 12.7. The topological polar surface area (TPSA) is 91.8 Å². The van der Waals surface area contributed by atoms with Gasteiger partial charge in [-0.25, -0.2) is 9.37 Å². The molecule has 1 amide bonds. The fraction of sp³-hybridized carbons (Fsp3) is 0.393. The Kier molecular flexibility index (Phi) is 9.32. The van der Waals surface area contributed by atoms with Crippen molar-refractivity contribution in [3.8, 4) is 5.75 Å². The first-order chi connectivity index (χ1) is 18.7. The lowest BCUT2D eigenvalue weighted by atomic mass is 9.92. The van der Waals surface area contributed by atoms with Crippen LogP contribution in [0.5, 0.6) is 5.75 Å². The Morgan fingerprint density at radius 1 is 1.18 bits per heavy atom. The Bertz CT molecular complexity index is 1370. The number of benzene rings is 2. The van der Waals surface area contributed by atoms with Crippen LogP contribution in [0.2, 0.25) is 0 Å². The average Bonchev–Trinajstić information content (AvgIpc) is 2.89. The van der Waals surface area contributed by atoms with Crippen LogP contribution in [0.4, 0.5) is 19.0 Å². The molecular formula is C28H29BrF3N3O4. The van der Waals surface area contributed by atoms with Gasteiger partial charge in [0.25, 0.3) is 5.91 Å². The van der Waals surface area contributed by atoms with E-state index >= 15 is 0 Å². The molecule has 0 radical (unpaired) electrons. The van der Waals surface area contributed by atoms with Crippen molar-refractivity contribution in [1.82, 2.24) is 10.3 Å². The molecule has 1 saturated heterocycles. The number of hydrogen-bond acceptors (Lipinski definition) is 5. The Balaban J connectivity index is 1.70. The third-order valence-electron chi connectivity index (χ3n) is 6.90. The van der Waals surface area contributed by atoms with E-state index in [4.69, 9.17) is 4.98 Å². The number of pyridine rings is 1. The summed E-state index contributed by atoms with van der Waals surface area (Å²) in [6.45, 7) is 0.100. The van der Waals surface area contributed by atoms with Crippen LogP contribution in [0.3, 0.4) is 0 Å². The van der Waals surface area contributed by atoms with Gasteiger partial charge < -0.3 is 20.1 Å². The van der Waals surface area contributed by atoms with E-state index in [2.05, 4.69) is 30.9 Å². The quantitative estimate of drug-likeness (QED) is 0.276. The molecule has 11 heteroatoms. The minimum atomic E-state index is -3.20. The Morgan fingerprint density at radius 2 is 1.92 bits per heavy atom. The number of alkyl halides is 2. The van der Waals surface area contributed by atoms with Gasteiger partial charge in [-0.3, -0.25) is 9.59 Å². The van der Waals surface area contributed by atoms with Gasteiger partial charge in [-0.05, 0) is 62.9 Å². The molecule has 2 aromatic carbocycles. The number of fused-ring (bicyclic) bond motifs is 1. The molecule has 1 aliphatic rings. The number of rotatable bonds is 10. The van der Waals surface area contributed by atoms with Crippen molar-refractivity contribution in [2.75, 3.05) is 24.5 Å². The van der Waals surface area contributed by atoms with Crippen molar-refractivity contribution >= 4 is 44.5 Å². The zero-order valence-corrected chi connectivity index (χ0v) is 22.9. The largest absolute Gasteiger partial charge is 0.481 e. The molecular weight excluding hydrogens is 579 g/mol. The normalized spacial score (nSPS) is 14.5. The van der Waals surface area contributed by atoms with Gasteiger partial charge in [0.05, 0.1) is 11.1 Å². The van der Waals surface area contributed by atoms with Crippen LogP contribution in [-0.2, 0) is 4.79 Å². The van der Waals surface area contributed by atoms with Crippen molar-refractivity contribution in [1.29, 1.82) is 0 Å². The number of ether oxygens (including phenoxy) is 1. The zero-order valence-electron chi connectivity index (χ0n) is 21.4. The third-order valence-corrected chi connectivity index (χ3v) is 7.39. The summed E-state index contributed by atoms with van der Waals surface area (Å²) in [5, 5.41) is 12.7. The van der Waals surface area contributed by atoms with Gasteiger partial charge in [-0.15, -0.1) is 0 Å². The van der Waals surface area contributed by atoms with Crippen molar-refractivity contribution in [2.24, 2.45) is 0 Å². The summed E-state index contributed by atoms with van der Waals surface area (Å²) in [6.07, 6.45) is 2.73. The van der Waals surface area contributed by atoms with Gasteiger partial charge in [0.15, 0.2) is 0 Å². The monoisotopic (exact) mass is 607 g/mol. The fourth-order valence-corrected chi connectivity index (χ4v) is 5.45. The van der Waals surface area contributed by atoms with Crippen LogP contribution in [-0.4, -0.2) is 48.2 Å². The van der Waals surface area contributed by atoms with Crippen LogP contribution >= 0.6 is 15.9 Å². The Labute approximate surface area is 232 Å². The molecule has 0 aliphatic carbocycles. The molecule has 0 saturated carbocycles. The molecule has 1 fully saturated rings. The summed E-state index contributed by atoms with van der Waals surface area (Å²) < 4.78 is 46.3. The highest BCUT2D eigenvalue weighted by molar-refractivity contribution is 9.10. The van der Waals surface area contributed by atoms with E-state index in [1.807, 2.05) is 19.1 Å². The molecule has 39 heavy (non-hydrogen) atoms. The second-order valence-corrected chi connectivity index (χ2v) is 10.4. The molecule has 0 spiro atoms. The van der Waals surface area contributed by atoms with Crippen molar-refractivity contribution in [3.63, 3.8) is 0 Å². The summed E-state index contributed by atoms with van der Waals surface area (Å²) in [5.74, 6) is -3.01. The summed E-state index contributed by atoms with van der Waals surface area (Å²) in [5.41, 5.74) is 1.53. The number of nitrogens with one attached hydrogen (secondary N) is 1. The summed E-state index contributed by atoms with van der Waals surface area (Å²) >= 11 is 3.46. The van der Waals surface area contributed by atoms with Crippen LogP contribution in [0, 0.1) is 12.7 Å². The molecule has 0 unspecified atom stereocenters. The standard InChI is InChI=1S/C28H29BrF3N3O4/c1-16-24(19-14-18(29)9-10-21(19)34-26(16)35-12-3-2-4-13-35)27(38)33-15-17(8-11-23(36)37)25-20(30)6-5-7-22(25)39-28(31)32/h5-7,9-10,14,17,28H,2-4,8,11-13,15H2,1H3,(H,33,38)(H,36,37)/t17-/m0/s1. The van der Waals surface area contributed by atoms with Crippen LogP contribution in [0.15, 0.2) is 40.9 Å². The van der Waals surface area contributed by atoms with Crippen LogP contribution in [0.25, 0.3) is 10.9 Å². The van der Waals surface area contributed by atoms with Gasteiger partial charge in [-0.2, -0.15) is 8.78 Å². The number of anilines is 1. The van der Waals surface area contributed by atoms with Crippen molar-refractivity contribution in [3.05, 3.63) is 63.4 Å². The first kappa shape index (κ1) is 28.7. The number of amides is 1. The maximum absolute atomic E-state index is 14.9. The highest BCUT2D eigenvalue weighted by Crippen LogP contribution is 2.35. The lowest BCUT2D eigenvalue weighted by Crippen LogP contribution is -2.33. The van der Waals surface area contributed by atoms with Gasteiger partial charge in [0.1, 0.15) is 17.4 Å². The second-order valence-electron chi connectivity index (χ2n) is 9.51. The number of piperidine rings is 1.